The third-order valence-electron chi connectivity index (χ3n) is 4.97. The number of alkyl halides is 3. The standard InChI is InChI=1S/C25H22F3N5O3/c1-24(2,3)36-23(35)33-21-14-29-12-19(20(21)13-30-33)15-7-9-17(10-8-15)31-22(34)32-18-6-4-5-16(11-18)25(26,27)28/h4-14H,1-3H3,(H2,31,32,34). The van der Waals surface area contributed by atoms with Crippen LogP contribution in [0.4, 0.5) is 34.1 Å². The lowest BCUT2D eigenvalue weighted by atomic mass is 10.0. The lowest BCUT2D eigenvalue weighted by Gasteiger charge is -2.19. The molecular formula is C25H22F3N5O3. The van der Waals surface area contributed by atoms with E-state index in [-0.39, 0.29) is 5.69 Å². The van der Waals surface area contributed by atoms with Gasteiger partial charge in [0, 0.05) is 28.5 Å². The van der Waals surface area contributed by atoms with Gasteiger partial charge in [-0.25, -0.2) is 9.59 Å². The quantitative estimate of drug-likeness (QED) is 0.335. The van der Waals surface area contributed by atoms with Crippen molar-refractivity contribution in [1.82, 2.24) is 14.8 Å². The van der Waals surface area contributed by atoms with E-state index in [9.17, 15) is 22.8 Å². The molecule has 0 fully saturated rings. The molecule has 4 rings (SSSR count). The number of carbonyl (C=O) groups excluding carboxylic acids is 2. The second kappa shape index (κ2) is 9.33. The Labute approximate surface area is 204 Å². The smallest absolute Gasteiger partial charge is 0.435 e. The number of halogens is 3. The van der Waals surface area contributed by atoms with E-state index in [0.717, 1.165) is 22.4 Å². The molecule has 2 N–H and O–H groups in total. The second-order valence-electron chi connectivity index (χ2n) is 8.89. The second-order valence-corrected chi connectivity index (χ2v) is 8.89. The molecule has 0 atom stereocenters. The van der Waals surface area contributed by atoms with Gasteiger partial charge in [-0.1, -0.05) is 18.2 Å². The summed E-state index contributed by atoms with van der Waals surface area (Å²) in [6, 6.07) is 10.4. The average molecular weight is 497 g/mol. The zero-order valence-corrected chi connectivity index (χ0v) is 19.6. The number of rotatable bonds is 3. The molecule has 0 aliphatic carbocycles. The van der Waals surface area contributed by atoms with E-state index in [1.165, 1.54) is 18.3 Å². The fraction of sp³-hybridized carbons (Fsp3) is 0.200. The number of benzene rings is 2. The first kappa shape index (κ1) is 24.7. The van der Waals surface area contributed by atoms with Crippen LogP contribution in [0.3, 0.4) is 0 Å². The van der Waals surface area contributed by atoms with Crippen LogP contribution >= 0.6 is 0 Å². The van der Waals surface area contributed by atoms with E-state index in [1.807, 2.05) is 0 Å². The summed E-state index contributed by atoms with van der Waals surface area (Å²) in [5, 5.41) is 9.80. The summed E-state index contributed by atoms with van der Waals surface area (Å²) >= 11 is 0. The van der Waals surface area contributed by atoms with Gasteiger partial charge in [0.25, 0.3) is 0 Å². The van der Waals surface area contributed by atoms with Gasteiger partial charge in [-0.2, -0.15) is 23.0 Å². The zero-order valence-electron chi connectivity index (χ0n) is 19.6. The normalized spacial score (nSPS) is 11.8. The maximum Gasteiger partial charge on any atom is 0.435 e. The SMILES string of the molecule is CC(C)(C)OC(=O)n1ncc2c(-c3ccc(NC(=O)Nc4cccc(C(F)(F)F)c4)cc3)cncc21. The predicted octanol–water partition coefficient (Wildman–Crippen LogP) is 6.54. The van der Waals surface area contributed by atoms with Gasteiger partial charge >= 0.3 is 18.3 Å². The van der Waals surface area contributed by atoms with Crippen molar-refractivity contribution in [3.63, 3.8) is 0 Å². The molecule has 2 aromatic carbocycles. The fourth-order valence-corrected chi connectivity index (χ4v) is 3.42. The van der Waals surface area contributed by atoms with Crippen LogP contribution in [0.2, 0.25) is 0 Å². The number of nitrogens with zero attached hydrogens (tertiary/aromatic N) is 3. The lowest BCUT2D eigenvalue weighted by molar-refractivity contribution is -0.137. The Kier molecular flexibility index (Phi) is 6.40. The Morgan fingerprint density at radius 2 is 1.61 bits per heavy atom. The molecule has 36 heavy (non-hydrogen) atoms. The number of hydrogen-bond donors (Lipinski definition) is 2. The molecule has 2 heterocycles. The zero-order chi connectivity index (χ0) is 26.1. The highest BCUT2D eigenvalue weighted by Gasteiger charge is 2.30. The molecule has 0 aliphatic rings. The molecule has 8 nitrogen and oxygen atoms in total. The Morgan fingerprint density at radius 1 is 0.917 bits per heavy atom. The molecule has 0 saturated carbocycles. The van der Waals surface area contributed by atoms with Crippen molar-refractivity contribution < 1.29 is 27.5 Å². The highest BCUT2D eigenvalue weighted by Crippen LogP contribution is 2.31. The van der Waals surface area contributed by atoms with Crippen molar-refractivity contribution in [2.24, 2.45) is 0 Å². The van der Waals surface area contributed by atoms with Crippen LogP contribution in [0.5, 0.6) is 0 Å². The molecule has 2 aromatic heterocycles. The van der Waals surface area contributed by atoms with Gasteiger partial charge in [0.2, 0.25) is 0 Å². The topological polar surface area (TPSA) is 98.1 Å². The summed E-state index contributed by atoms with van der Waals surface area (Å²) in [4.78, 5) is 29.0. The average Bonchev–Trinajstić information content (AvgIpc) is 3.23. The third kappa shape index (κ3) is 5.62. The van der Waals surface area contributed by atoms with Crippen LogP contribution in [0.15, 0.2) is 67.1 Å². The van der Waals surface area contributed by atoms with Crippen LogP contribution in [0, 0.1) is 0 Å². The monoisotopic (exact) mass is 497 g/mol. The molecule has 11 heteroatoms. The lowest BCUT2D eigenvalue weighted by Crippen LogP contribution is -2.27. The highest BCUT2D eigenvalue weighted by atomic mass is 19.4. The number of anilines is 2. The minimum Gasteiger partial charge on any atom is -0.442 e. The number of urea groups is 1. The van der Waals surface area contributed by atoms with Crippen molar-refractivity contribution in [2.45, 2.75) is 32.5 Å². The van der Waals surface area contributed by atoms with Crippen LogP contribution in [-0.4, -0.2) is 32.5 Å². The first-order chi connectivity index (χ1) is 16.9. The van der Waals surface area contributed by atoms with Crippen molar-refractivity contribution in [1.29, 1.82) is 0 Å². The van der Waals surface area contributed by atoms with E-state index < -0.39 is 29.5 Å². The molecule has 0 bridgehead atoms. The van der Waals surface area contributed by atoms with Gasteiger partial charge in [-0.15, -0.1) is 0 Å². The Bertz CT molecular complexity index is 1420. The van der Waals surface area contributed by atoms with E-state index in [0.29, 0.717) is 22.2 Å². The van der Waals surface area contributed by atoms with Crippen molar-refractivity contribution in [3.05, 3.63) is 72.7 Å². The third-order valence-corrected chi connectivity index (χ3v) is 4.97. The van der Waals surface area contributed by atoms with Crippen LogP contribution < -0.4 is 10.6 Å². The summed E-state index contributed by atoms with van der Waals surface area (Å²) in [5.74, 6) is 0. The number of amides is 2. The van der Waals surface area contributed by atoms with Gasteiger partial charge in [-0.3, -0.25) is 4.98 Å². The summed E-state index contributed by atoms with van der Waals surface area (Å²) < 4.78 is 45.1. The minimum absolute atomic E-state index is 0.0127. The molecule has 186 valence electrons. The van der Waals surface area contributed by atoms with Gasteiger partial charge in [0.15, 0.2) is 0 Å². The van der Waals surface area contributed by atoms with Crippen LogP contribution in [0.25, 0.3) is 22.0 Å². The van der Waals surface area contributed by atoms with Crippen molar-refractivity contribution >= 4 is 34.4 Å². The number of nitrogens with one attached hydrogen (secondary N) is 2. The van der Waals surface area contributed by atoms with Crippen LogP contribution in [0.1, 0.15) is 26.3 Å². The molecule has 0 spiro atoms. The Hall–Kier alpha value is -4.41. The van der Waals surface area contributed by atoms with Gasteiger partial charge < -0.3 is 15.4 Å². The number of pyridine rings is 1. The molecule has 0 saturated heterocycles. The minimum atomic E-state index is -4.51. The number of carbonyl (C=O) groups is 2. The molecule has 2 amide bonds. The van der Waals surface area contributed by atoms with E-state index in [1.54, 1.807) is 57.4 Å². The molecule has 0 radical (unpaired) electrons. The molecule has 0 aliphatic heterocycles. The number of fused-ring (bicyclic) bond motifs is 1. The van der Waals surface area contributed by atoms with Crippen LogP contribution in [-0.2, 0) is 10.9 Å². The van der Waals surface area contributed by atoms with Gasteiger partial charge in [0.05, 0.1) is 23.5 Å². The fourth-order valence-electron chi connectivity index (χ4n) is 3.42. The van der Waals surface area contributed by atoms with E-state index in [4.69, 9.17) is 4.74 Å². The number of ether oxygens (including phenoxy) is 1. The Balaban J connectivity index is 1.49. The summed E-state index contributed by atoms with van der Waals surface area (Å²) in [6.45, 7) is 5.28. The first-order valence-electron chi connectivity index (χ1n) is 10.8. The predicted molar refractivity (Wildman–Crippen MR) is 129 cm³/mol. The number of hydrogen-bond acceptors (Lipinski definition) is 5. The summed E-state index contributed by atoms with van der Waals surface area (Å²) in [7, 11) is 0. The molecular weight excluding hydrogens is 475 g/mol. The summed E-state index contributed by atoms with van der Waals surface area (Å²) in [6.07, 6.45) is -0.436. The molecule has 0 unspecified atom stereocenters. The largest absolute Gasteiger partial charge is 0.442 e. The van der Waals surface area contributed by atoms with E-state index in [2.05, 4.69) is 20.7 Å². The van der Waals surface area contributed by atoms with Gasteiger partial charge in [0.1, 0.15) is 5.60 Å². The highest BCUT2D eigenvalue weighted by molar-refractivity contribution is 6.00. The summed E-state index contributed by atoms with van der Waals surface area (Å²) in [5.41, 5.74) is 0.831. The van der Waals surface area contributed by atoms with Crippen molar-refractivity contribution in [2.75, 3.05) is 10.6 Å². The number of aromatic nitrogens is 3. The van der Waals surface area contributed by atoms with E-state index >= 15 is 0 Å². The van der Waals surface area contributed by atoms with Gasteiger partial charge in [-0.05, 0) is 56.7 Å². The van der Waals surface area contributed by atoms with Crippen molar-refractivity contribution in [3.8, 4) is 11.1 Å². The maximum absolute atomic E-state index is 12.9. The Morgan fingerprint density at radius 3 is 2.28 bits per heavy atom. The first-order valence-corrected chi connectivity index (χ1v) is 10.8. The molecule has 4 aromatic rings. The maximum atomic E-state index is 12.9.